The summed E-state index contributed by atoms with van der Waals surface area (Å²) in [5, 5.41) is 7.63. The van der Waals surface area contributed by atoms with Crippen molar-refractivity contribution in [1.82, 2.24) is 19.5 Å². The van der Waals surface area contributed by atoms with Crippen molar-refractivity contribution in [3.63, 3.8) is 0 Å². The molecular formula is C16H16N4O2S. The van der Waals surface area contributed by atoms with Crippen molar-refractivity contribution in [3.8, 4) is 5.69 Å². The Hall–Kier alpha value is -2.51. The van der Waals surface area contributed by atoms with Crippen molar-refractivity contribution in [1.29, 1.82) is 0 Å². The Morgan fingerprint density at radius 1 is 0.957 bits per heavy atom. The van der Waals surface area contributed by atoms with Crippen LogP contribution in [0, 0.1) is 6.92 Å². The molecule has 0 bridgehead atoms. The van der Waals surface area contributed by atoms with Crippen molar-refractivity contribution < 1.29 is 8.42 Å². The van der Waals surface area contributed by atoms with E-state index < -0.39 is 10.0 Å². The van der Waals surface area contributed by atoms with Gasteiger partial charge in [0.25, 0.3) is 15.2 Å². The van der Waals surface area contributed by atoms with Crippen LogP contribution in [0.4, 0.5) is 0 Å². The lowest BCUT2D eigenvalue weighted by Crippen LogP contribution is -2.26. The number of aromatic nitrogens is 3. The minimum absolute atomic E-state index is 0.114. The second-order valence-corrected chi connectivity index (χ2v) is 6.67. The Kier molecular flexibility index (Phi) is 4.22. The van der Waals surface area contributed by atoms with Gasteiger partial charge in [-0.1, -0.05) is 48.5 Å². The van der Waals surface area contributed by atoms with Crippen LogP contribution < -0.4 is 4.72 Å². The highest BCUT2D eigenvalue weighted by molar-refractivity contribution is 7.89. The molecule has 0 spiro atoms. The third kappa shape index (κ3) is 3.30. The minimum Gasteiger partial charge on any atom is -0.269 e. The van der Waals surface area contributed by atoms with Gasteiger partial charge in [0.2, 0.25) is 0 Å². The Bertz CT molecular complexity index is 890. The maximum atomic E-state index is 12.6. The molecule has 0 atom stereocenters. The van der Waals surface area contributed by atoms with Crippen molar-refractivity contribution >= 4 is 10.0 Å². The molecule has 3 rings (SSSR count). The van der Waals surface area contributed by atoms with E-state index in [9.17, 15) is 8.42 Å². The van der Waals surface area contributed by atoms with E-state index >= 15 is 0 Å². The van der Waals surface area contributed by atoms with Crippen LogP contribution in [0.2, 0.25) is 0 Å². The average molecular weight is 328 g/mol. The normalized spacial score (nSPS) is 11.5. The molecular weight excluding hydrogens is 312 g/mol. The highest BCUT2D eigenvalue weighted by atomic mass is 32.2. The van der Waals surface area contributed by atoms with E-state index in [-0.39, 0.29) is 11.7 Å². The number of benzene rings is 2. The first kappa shape index (κ1) is 15.4. The highest BCUT2D eigenvalue weighted by Crippen LogP contribution is 2.16. The topological polar surface area (TPSA) is 76.9 Å². The van der Waals surface area contributed by atoms with E-state index in [1.54, 1.807) is 6.92 Å². The average Bonchev–Trinajstić information content (AvgIpc) is 2.97. The molecule has 6 nitrogen and oxygen atoms in total. The molecule has 0 unspecified atom stereocenters. The van der Waals surface area contributed by atoms with E-state index in [1.807, 2.05) is 60.7 Å². The Morgan fingerprint density at radius 3 is 2.22 bits per heavy atom. The number of hydrogen-bond donors (Lipinski definition) is 1. The lowest BCUT2D eigenvalue weighted by atomic mass is 10.2. The van der Waals surface area contributed by atoms with Crippen molar-refractivity contribution in [3.05, 3.63) is 72.1 Å². The SMILES string of the molecule is Cc1nnc(S(=O)(=O)NCc2ccccc2)n1-c1ccccc1. The van der Waals surface area contributed by atoms with Crippen molar-refractivity contribution in [2.75, 3.05) is 0 Å². The molecule has 0 radical (unpaired) electrons. The first-order chi connectivity index (χ1) is 11.1. The fraction of sp³-hybridized carbons (Fsp3) is 0.125. The smallest absolute Gasteiger partial charge is 0.269 e. The first-order valence-corrected chi connectivity index (χ1v) is 8.57. The standard InChI is InChI=1S/C16H16N4O2S/c1-13-18-19-16(20(13)15-10-6-3-7-11-15)23(21,22)17-12-14-8-4-2-5-9-14/h2-11,17H,12H2,1H3. The maximum Gasteiger partial charge on any atom is 0.276 e. The van der Waals surface area contributed by atoms with Gasteiger partial charge in [-0.05, 0) is 24.6 Å². The third-order valence-electron chi connectivity index (χ3n) is 3.36. The molecule has 0 aliphatic heterocycles. The summed E-state index contributed by atoms with van der Waals surface area (Å²) in [6.45, 7) is 1.92. The summed E-state index contributed by atoms with van der Waals surface area (Å²) >= 11 is 0. The molecule has 0 saturated carbocycles. The predicted molar refractivity (Wildman–Crippen MR) is 86.6 cm³/mol. The lowest BCUT2D eigenvalue weighted by molar-refractivity contribution is 0.567. The zero-order valence-corrected chi connectivity index (χ0v) is 13.4. The molecule has 1 heterocycles. The van der Waals surface area contributed by atoms with Crippen LogP contribution in [0.5, 0.6) is 0 Å². The zero-order chi connectivity index (χ0) is 16.3. The van der Waals surface area contributed by atoms with Crippen LogP contribution >= 0.6 is 0 Å². The number of aryl methyl sites for hydroxylation is 1. The predicted octanol–water partition coefficient (Wildman–Crippen LogP) is 2.05. The fourth-order valence-corrected chi connectivity index (χ4v) is 3.34. The van der Waals surface area contributed by atoms with E-state index in [4.69, 9.17) is 0 Å². The largest absolute Gasteiger partial charge is 0.276 e. The van der Waals surface area contributed by atoms with Gasteiger partial charge in [0.1, 0.15) is 5.82 Å². The van der Waals surface area contributed by atoms with Gasteiger partial charge in [0.15, 0.2) is 0 Å². The molecule has 1 N–H and O–H groups in total. The summed E-state index contributed by atoms with van der Waals surface area (Å²) in [5.74, 6) is 0.510. The fourth-order valence-electron chi connectivity index (χ4n) is 2.23. The third-order valence-corrected chi connectivity index (χ3v) is 4.63. The monoisotopic (exact) mass is 328 g/mol. The minimum atomic E-state index is -3.78. The first-order valence-electron chi connectivity index (χ1n) is 7.09. The summed E-state index contributed by atoms with van der Waals surface area (Å²) in [7, 11) is -3.78. The van der Waals surface area contributed by atoms with E-state index in [2.05, 4.69) is 14.9 Å². The number of hydrogen-bond acceptors (Lipinski definition) is 4. The van der Waals surface area contributed by atoms with Crippen molar-refractivity contribution in [2.24, 2.45) is 0 Å². The molecule has 0 aliphatic rings. The highest BCUT2D eigenvalue weighted by Gasteiger charge is 2.24. The number of nitrogens with zero attached hydrogens (tertiary/aromatic N) is 3. The van der Waals surface area contributed by atoms with Crippen LogP contribution in [-0.2, 0) is 16.6 Å². The van der Waals surface area contributed by atoms with Gasteiger partial charge in [-0.25, -0.2) is 13.1 Å². The quantitative estimate of drug-likeness (QED) is 0.778. The van der Waals surface area contributed by atoms with Gasteiger partial charge in [0, 0.05) is 12.2 Å². The second kappa shape index (κ2) is 6.31. The van der Waals surface area contributed by atoms with E-state index in [0.29, 0.717) is 11.5 Å². The molecule has 0 amide bonds. The zero-order valence-electron chi connectivity index (χ0n) is 12.5. The number of rotatable bonds is 5. The van der Waals surface area contributed by atoms with Crippen molar-refractivity contribution in [2.45, 2.75) is 18.6 Å². The molecule has 23 heavy (non-hydrogen) atoms. The molecule has 0 aliphatic carbocycles. The maximum absolute atomic E-state index is 12.6. The lowest BCUT2D eigenvalue weighted by Gasteiger charge is -2.10. The van der Waals surface area contributed by atoms with Gasteiger partial charge < -0.3 is 0 Å². The Balaban J connectivity index is 1.92. The molecule has 2 aromatic carbocycles. The molecule has 3 aromatic rings. The summed E-state index contributed by atoms with van der Waals surface area (Å²) in [6.07, 6.45) is 0. The molecule has 118 valence electrons. The van der Waals surface area contributed by atoms with Crippen LogP contribution in [0.15, 0.2) is 65.8 Å². The number of para-hydroxylation sites is 1. The van der Waals surface area contributed by atoms with Gasteiger partial charge in [0.05, 0.1) is 0 Å². The number of sulfonamides is 1. The van der Waals surface area contributed by atoms with Crippen LogP contribution in [0.3, 0.4) is 0 Å². The van der Waals surface area contributed by atoms with Crippen LogP contribution in [-0.4, -0.2) is 23.2 Å². The molecule has 0 fully saturated rings. The molecule has 0 saturated heterocycles. The summed E-state index contributed by atoms with van der Waals surface area (Å²) < 4.78 is 29.2. The number of nitrogens with one attached hydrogen (secondary N) is 1. The van der Waals surface area contributed by atoms with E-state index in [1.165, 1.54) is 4.57 Å². The van der Waals surface area contributed by atoms with Crippen LogP contribution in [0.25, 0.3) is 5.69 Å². The van der Waals surface area contributed by atoms with Crippen LogP contribution in [0.1, 0.15) is 11.4 Å². The van der Waals surface area contributed by atoms with Gasteiger partial charge in [-0.15, -0.1) is 10.2 Å². The Morgan fingerprint density at radius 2 is 1.57 bits per heavy atom. The molecule has 1 aromatic heterocycles. The van der Waals surface area contributed by atoms with Gasteiger partial charge in [-0.2, -0.15) is 0 Å². The summed E-state index contributed by atoms with van der Waals surface area (Å²) in [5.41, 5.74) is 1.58. The summed E-state index contributed by atoms with van der Waals surface area (Å²) in [6, 6.07) is 18.5. The molecule has 7 heteroatoms. The van der Waals surface area contributed by atoms with Gasteiger partial charge >= 0.3 is 0 Å². The second-order valence-electron chi connectivity index (χ2n) is 5.01. The Labute approximate surface area is 134 Å². The summed E-state index contributed by atoms with van der Waals surface area (Å²) in [4.78, 5) is 0. The van der Waals surface area contributed by atoms with E-state index in [0.717, 1.165) is 5.56 Å². The van der Waals surface area contributed by atoms with Gasteiger partial charge in [-0.3, -0.25) is 4.57 Å².